The average molecular weight is 343 g/mol. The van der Waals surface area contributed by atoms with Gasteiger partial charge in [-0.05, 0) is 78.7 Å². The van der Waals surface area contributed by atoms with Crippen LogP contribution in [0.15, 0.2) is 11.6 Å². The zero-order chi connectivity index (χ0) is 17.1. The molecule has 0 aromatic rings. The number of hydrogen-bond acceptors (Lipinski definition) is 4. The first-order valence-corrected chi connectivity index (χ1v) is 10.1. The highest BCUT2D eigenvalue weighted by Gasteiger charge is 2.60. The molecule has 4 aliphatic carbocycles. The molecule has 0 amide bonds. The van der Waals surface area contributed by atoms with Crippen LogP contribution in [-0.4, -0.2) is 16.8 Å². The van der Waals surface area contributed by atoms with Crippen molar-refractivity contribution < 1.29 is 9.59 Å². The second kappa shape index (κ2) is 5.46. The molecule has 3 nitrogen and oxygen atoms in total. The summed E-state index contributed by atoms with van der Waals surface area (Å²) in [5, 5.41) is 11.7. The van der Waals surface area contributed by atoms with Gasteiger partial charge in [0.25, 0.3) is 0 Å². The maximum atomic E-state index is 12.5. The minimum Gasteiger partial charge on any atom is -0.299 e. The van der Waals surface area contributed by atoms with E-state index in [2.05, 4.69) is 19.2 Å². The molecule has 0 N–H and O–H groups in total. The van der Waals surface area contributed by atoms with E-state index in [1.54, 1.807) is 0 Å². The Kier molecular flexibility index (Phi) is 3.73. The van der Waals surface area contributed by atoms with Crippen LogP contribution in [0.5, 0.6) is 0 Å². The Balaban J connectivity index is 1.76. The van der Waals surface area contributed by atoms with Crippen molar-refractivity contribution in [2.45, 2.75) is 64.0 Å². The Morgan fingerprint density at radius 2 is 1.88 bits per heavy atom. The smallest absolute Gasteiger partial charge is 0.155 e. The highest BCUT2D eigenvalue weighted by atomic mass is 32.2. The third-order valence-electron chi connectivity index (χ3n) is 7.86. The van der Waals surface area contributed by atoms with Crippen LogP contribution in [0, 0.1) is 39.2 Å². The predicted molar refractivity (Wildman–Crippen MR) is 94.1 cm³/mol. The second-order valence-corrected chi connectivity index (χ2v) is 9.70. The predicted octanol–water partition coefficient (Wildman–Crippen LogP) is 4.28. The third kappa shape index (κ3) is 2.10. The molecule has 4 rings (SSSR count). The van der Waals surface area contributed by atoms with Gasteiger partial charge in [-0.1, -0.05) is 13.8 Å². The van der Waals surface area contributed by atoms with Crippen LogP contribution in [0.2, 0.25) is 0 Å². The van der Waals surface area contributed by atoms with E-state index in [-0.39, 0.29) is 21.9 Å². The molecule has 0 radical (unpaired) electrons. The Morgan fingerprint density at radius 1 is 1.12 bits per heavy atom. The van der Waals surface area contributed by atoms with Gasteiger partial charge in [-0.25, -0.2) is 0 Å². The fraction of sp³-hybridized carbons (Fsp3) is 0.750. The molecular formula is C20H25NO2S. The summed E-state index contributed by atoms with van der Waals surface area (Å²) in [4.78, 5) is 24.5. The van der Waals surface area contributed by atoms with E-state index in [9.17, 15) is 14.9 Å². The van der Waals surface area contributed by atoms with E-state index in [0.717, 1.165) is 38.5 Å². The molecule has 24 heavy (non-hydrogen) atoms. The third-order valence-corrected chi connectivity index (χ3v) is 8.70. The van der Waals surface area contributed by atoms with E-state index in [0.29, 0.717) is 30.0 Å². The molecule has 3 saturated carbocycles. The first-order chi connectivity index (χ1) is 11.4. The summed E-state index contributed by atoms with van der Waals surface area (Å²) in [7, 11) is 0. The van der Waals surface area contributed by atoms with Gasteiger partial charge < -0.3 is 0 Å². The molecule has 0 spiro atoms. The van der Waals surface area contributed by atoms with Gasteiger partial charge in [0, 0.05) is 23.5 Å². The second-order valence-electron chi connectivity index (χ2n) is 8.71. The summed E-state index contributed by atoms with van der Waals surface area (Å²) in [6, 6.07) is 0. The Bertz CT molecular complexity index is 678. The van der Waals surface area contributed by atoms with Gasteiger partial charge in [-0.3, -0.25) is 9.59 Å². The van der Waals surface area contributed by atoms with Crippen LogP contribution in [0.25, 0.3) is 0 Å². The average Bonchev–Trinajstić information content (AvgIpc) is 2.85. The van der Waals surface area contributed by atoms with Crippen molar-refractivity contribution in [3.05, 3.63) is 11.6 Å². The number of Topliss-reactive ketones (excluding diaryl/α,β-unsaturated/α-hetero) is 1. The van der Waals surface area contributed by atoms with Crippen molar-refractivity contribution in [3.63, 3.8) is 0 Å². The molecule has 0 heterocycles. The number of hydrogen-bond donors (Lipinski definition) is 0. The van der Waals surface area contributed by atoms with Crippen molar-refractivity contribution in [1.82, 2.24) is 0 Å². The molecule has 128 valence electrons. The number of nitrogens with zero attached hydrogens (tertiary/aromatic N) is 1. The number of carbonyl (C=O) groups excluding carboxylic acids is 2. The van der Waals surface area contributed by atoms with Gasteiger partial charge in [0.2, 0.25) is 0 Å². The number of nitriles is 1. The van der Waals surface area contributed by atoms with Gasteiger partial charge in [0.05, 0.1) is 0 Å². The summed E-state index contributed by atoms with van der Waals surface area (Å²) in [6.07, 6.45) is 8.23. The van der Waals surface area contributed by atoms with Gasteiger partial charge >= 0.3 is 0 Å². The molecule has 0 aromatic heterocycles. The van der Waals surface area contributed by atoms with Crippen molar-refractivity contribution in [2.75, 3.05) is 0 Å². The highest BCUT2D eigenvalue weighted by molar-refractivity contribution is 8.04. The molecule has 1 unspecified atom stereocenters. The van der Waals surface area contributed by atoms with Crippen molar-refractivity contribution >= 4 is 23.3 Å². The monoisotopic (exact) mass is 343 g/mol. The molecule has 4 heteroatoms. The minimum atomic E-state index is -0.134. The lowest BCUT2D eigenvalue weighted by atomic mass is 9.47. The quantitative estimate of drug-likeness (QED) is 0.667. The van der Waals surface area contributed by atoms with Gasteiger partial charge in [-0.15, -0.1) is 0 Å². The Morgan fingerprint density at radius 3 is 2.62 bits per heavy atom. The van der Waals surface area contributed by atoms with Crippen molar-refractivity contribution in [1.29, 1.82) is 5.26 Å². The number of thiocyanates is 1. The Labute approximate surface area is 148 Å². The van der Waals surface area contributed by atoms with Gasteiger partial charge in [-0.2, -0.15) is 5.26 Å². The largest absolute Gasteiger partial charge is 0.299 e. The summed E-state index contributed by atoms with van der Waals surface area (Å²) in [5.41, 5.74) is 1.13. The SMILES string of the molecule is C[C@]12CCC(=O)C=C1C(SC#N)C[C@@H]1[C@H]2CC[C@]2(C)C(=O)CC[C@@H]12. The van der Waals surface area contributed by atoms with Crippen LogP contribution in [0.3, 0.4) is 0 Å². The van der Waals surface area contributed by atoms with Crippen molar-refractivity contribution in [2.24, 2.45) is 28.6 Å². The first-order valence-electron chi connectivity index (χ1n) is 9.23. The molecule has 0 bridgehead atoms. The summed E-state index contributed by atoms with van der Waals surface area (Å²) < 4.78 is 0. The minimum absolute atomic E-state index is 0.0400. The number of carbonyl (C=O) groups is 2. The number of thioether (sulfide) groups is 1. The topological polar surface area (TPSA) is 57.9 Å². The maximum absolute atomic E-state index is 12.5. The number of ketones is 2. The Hall–Kier alpha value is -1.08. The molecule has 3 fully saturated rings. The normalized spacial score (nSPS) is 47.3. The van der Waals surface area contributed by atoms with E-state index in [1.165, 1.54) is 17.3 Å². The molecule has 6 atom stereocenters. The zero-order valence-electron chi connectivity index (χ0n) is 14.5. The fourth-order valence-corrected chi connectivity index (χ4v) is 7.44. The van der Waals surface area contributed by atoms with E-state index < -0.39 is 0 Å². The standard InChI is InChI=1S/C20H25NO2S/c1-19-7-5-12(22)9-16(19)17(24-11-21)10-13-14-3-4-18(23)20(14,2)8-6-15(13)19/h9,13-15,17H,3-8,10H2,1-2H3/t13-,14-,15+,17?,19+,20-/m0/s1. The van der Waals surface area contributed by atoms with Crippen LogP contribution < -0.4 is 0 Å². The van der Waals surface area contributed by atoms with Crippen molar-refractivity contribution in [3.8, 4) is 5.40 Å². The summed E-state index contributed by atoms with van der Waals surface area (Å²) >= 11 is 1.33. The first kappa shape index (κ1) is 16.4. The molecule has 0 aliphatic heterocycles. The van der Waals surface area contributed by atoms with Crippen LogP contribution in [-0.2, 0) is 9.59 Å². The van der Waals surface area contributed by atoms with Gasteiger partial charge in [0.1, 0.15) is 11.2 Å². The molecule has 0 aromatic carbocycles. The van der Waals surface area contributed by atoms with E-state index in [1.807, 2.05) is 6.08 Å². The van der Waals surface area contributed by atoms with Gasteiger partial charge in [0.15, 0.2) is 5.78 Å². The van der Waals surface area contributed by atoms with Crippen LogP contribution >= 0.6 is 11.8 Å². The van der Waals surface area contributed by atoms with E-state index in [4.69, 9.17) is 0 Å². The maximum Gasteiger partial charge on any atom is 0.155 e. The number of rotatable bonds is 1. The van der Waals surface area contributed by atoms with Crippen LogP contribution in [0.4, 0.5) is 0 Å². The van der Waals surface area contributed by atoms with Crippen LogP contribution in [0.1, 0.15) is 58.8 Å². The zero-order valence-corrected chi connectivity index (χ0v) is 15.3. The molecule has 0 saturated heterocycles. The highest BCUT2D eigenvalue weighted by Crippen LogP contribution is 2.65. The number of fused-ring (bicyclic) bond motifs is 5. The lowest BCUT2D eigenvalue weighted by Gasteiger charge is -2.58. The molecular weight excluding hydrogens is 318 g/mol. The summed E-state index contributed by atoms with van der Waals surface area (Å²) in [5.74, 6) is 2.25. The fourth-order valence-electron chi connectivity index (χ4n) is 6.53. The van der Waals surface area contributed by atoms with E-state index >= 15 is 0 Å². The lowest BCUT2D eigenvalue weighted by molar-refractivity contribution is -0.132. The lowest BCUT2D eigenvalue weighted by Crippen LogP contribution is -2.53. The summed E-state index contributed by atoms with van der Waals surface area (Å²) in [6.45, 7) is 4.51. The molecule has 4 aliphatic rings.